The molecule has 2 nitrogen and oxygen atoms in total. The zero-order valence-corrected chi connectivity index (χ0v) is 8.34. The van der Waals surface area contributed by atoms with Crippen molar-refractivity contribution in [2.75, 3.05) is 6.61 Å². The molecule has 0 aromatic heterocycles. The van der Waals surface area contributed by atoms with Crippen LogP contribution in [0.3, 0.4) is 0 Å². The Morgan fingerprint density at radius 2 is 2.08 bits per heavy atom. The second-order valence-electron chi connectivity index (χ2n) is 4.67. The summed E-state index contributed by atoms with van der Waals surface area (Å²) in [6, 6.07) is 0. The fourth-order valence-electron chi connectivity index (χ4n) is 1.72. The van der Waals surface area contributed by atoms with E-state index < -0.39 is 0 Å². The first-order valence-electron chi connectivity index (χ1n) is 4.80. The van der Waals surface area contributed by atoms with Gasteiger partial charge in [0.05, 0.1) is 12.2 Å². The molecule has 1 aliphatic rings. The summed E-state index contributed by atoms with van der Waals surface area (Å²) in [7, 11) is 0. The maximum atomic E-state index is 9.06. The number of ether oxygens (including phenoxy) is 1. The topological polar surface area (TPSA) is 29.5 Å². The predicted molar refractivity (Wildman–Crippen MR) is 49.1 cm³/mol. The lowest BCUT2D eigenvalue weighted by atomic mass is 9.87. The molecule has 0 saturated carbocycles. The summed E-state index contributed by atoms with van der Waals surface area (Å²) in [5, 5.41) is 9.06. The van der Waals surface area contributed by atoms with Crippen molar-refractivity contribution in [3.8, 4) is 0 Å². The molecular weight excluding hydrogens is 152 g/mol. The van der Waals surface area contributed by atoms with Crippen LogP contribution in [0.1, 0.15) is 40.0 Å². The number of hydrogen-bond acceptors (Lipinski definition) is 2. The Kier molecular flexibility index (Phi) is 3.13. The van der Waals surface area contributed by atoms with Crippen molar-refractivity contribution in [3.05, 3.63) is 0 Å². The molecule has 0 aromatic carbocycles. The van der Waals surface area contributed by atoms with Crippen LogP contribution in [0.5, 0.6) is 0 Å². The van der Waals surface area contributed by atoms with E-state index in [-0.39, 0.29) is 12.0 Å². The summed E-state index contributed by atoms with van der Waals surface area (Å²) in [5.74, 6) is 0. The van der Waals surface area contributed by atoms with Gasteiger partial charge in [-0.3, -0.25) is 0 Å². The zero-order valence-electron chi connectivity index (χ0n) is 8.34. The molecule has 0 amide bonds. The standard InChI is InChI=1S/C10H20O2/c1-8-4-5-9(12-8)6-10(2,3)7-11/h8-9,11H,4-7H2,1-3H3. The molecule has 1 saturated heterocycles. The summed E-state index contributed by atoms with van der Waals surface area (Å²) in [4.78, 5) is 0. The van der Waals surface area contributed by atoms with E-state index in [9.17, 15) is 0 Å². The molecule has 1 heterocycles. The Bertz CT molecular complexity index is 143. The van der Waals surface area contributed by atoms with Crippen LogP contribution in [0.25, 0.3) is 0 Å². The Hall–Kier alpha value is -0.0800. The van der Waals surface area contributed by atoms with E-state index in [1.54, 1.807) is 0 Å². The van der Waals surface area contributed by atoms with Gasteiger partial charge in [-0.15, -0.1) is 0 Å². The Morgan fingerprint density at radius 1 is 1.42 bits per heavy atom. The fourth-order valence-corrected chi connectivity index (χ4v) is 1.72. The number of aliphatic hydroxyl groups is 1. The average Bonchev–Trinajstić information content (AvgIpc) is 2.35. The SMILES string of the molecule is CC1CCC(CC(C)(C)CO)O1. The molecule has 1 rings (SSSR count). The maximum Gasteiger partial charge on any atom is 0.0585 e. The van der Waals surface area contributed by atoms with Crippen LogP contribution >= 0.6 is 0 Å². The highest BCUT2D eigenvalue weighted by Crippen LogP contribution is 2.30. The normalized spacial score (nSPS) is 31.0. The van der Waals surface area contributed by atoms with Crippen LogP contribution in [0.15, 0.2) is 0 Å². The van der Waals surface area contributed by atoms with Gasteiger partial charge in [0.1, 0.15) is 0 Å². The van der Waals surface area contributed by atoms with Gasteiger partial charge in [-0.25, -0.2) is 0 Å². The van der Waals surface area contributed by atoms with Crippen LogP contribution in [0, 0.1) is 5.41 Å². The Balaban J connectivity index is 2.32. The van der Waals surface area contributed by atoms with E-state index in [1.165, 1.54) is 6.42 Å². The molecule has 1 N–H and O–H groups in total. The molecule has 0 aliphatic carbocycles. The van der Waals surface area contributed by atoms with Gasteiger partial charge >= 0.3 is 0 Å². The third-order valence-electron chi connectivity index (χ3n) is 2.53. The van der Waals surface area contributed by atoms with E-state index >= 15 is 0 Å². The highest BCUT2D eigenvalue weighted by molar-refractivity contribution is 4.78. The number of aliphatic hydroxyl groups excluding tert-OH is 1. The molecule has 0 radical (unpaired) electrons. The largest absolute Gasteiger partial charge is 0.396 e. The summed E-state index contributed by atoms with van der Waals surface area (Å²) in [6.45, 7) is 6.53. The molecule has 12 heavy (non-hydrogen) atoms. The molecule has 0 aromatic rings. The number of rotatable bonds is 3. The van der Waals surface area contributed by atoms with E-state index in [0.717, 1.165) is 12.8 Å². The van der Waals surface area contributed by atoms with Crippen molar-refractivity contribution in [1.29, 1.82) is 0 Å². The highest BCUT2D eigenvalue weighted by atomic mass is 16.5. The van der Waals surface area contributed by atoms with Gasteiger partial charge in [0.25, 0.3) is 0 Å². The molecule has 1 fully saturated rings. The maximum absolute atomic E-state index is 9.06. The summed E-state index contributed by atoms with van der Waals surface area (Å²) in [6.07, 6.45) is 4.11. The molecule has 1 aliphatic heterocycles. The van der Waals surface area contributed by atoms with Gasteiger partial charge in [0.2, 0.25) is 0 Å². The van der Waals surface area contributed by atoms with Gasteiger partial charge in [-0.2, -0.15) is 0 Å². The Labute approximate surface area is 74.9 Å². The van der Waals surface area contributed by atoms with Gasteiger partial charge in [-0.05, 0) is 31.6 Å². The fraction of sp³-hybridized carbons (Fsp3) is 1.00. The second kappa shape index (κ2) is 3.75. The monoisotopic (exact) mass is 172 g/mol. The molecule has 0 spiro atoms. The van der Waals surface area contributed by atoms with Crippen molar-refractivity contribution < 1.29 is 9.84 Å². The minimum Gasteiger partial charge on any atom is -0.396 e. The quantitative estimate of drug-likeness (QED) is 0.705. The number of hydrogen-bond donors (Lipinski definition) is 1. The molecule has 2 heteroatoms. The third-order valence-corrected chi connectivity index (χ3v) is 2.53. The van der Waals surface area contributed by atoms with Crippen molar-refractivity contribution >= 4 is 0 Å². The first kappa shape index (κ1) is 10.0. The van der Waals surface area contributed by atoms with Crippen molar-refractivity contribution in [2.24, 2.45) is 5.41 Å². The summed E-state index contributed by atoms with van der Waals surface area (Å²) < 4.78 is 5.69. The van der Waals surface area contributed by atoms with Gasteiger partial charge in [0, 0.05) is 6.61 Å². The van der Waals surface area contributed by atoms with Gasteiger partial charge in [-0.1, -0.05) is 13.8 Å². The minimum atomic E-state index is 0.0225. The van der Waals surface area contributed by atoms with E-state index in [4.69, 9.17) is 9.84 Å². The Morgan fingerprint density at radius 3 is 2.50 bits per heavy atom. The lowest BCUT2D eigenvalue weighted by Gasteiger charge is -2.25. The lowest BCUT2D eigenvalue weighted by molar-refractivity contribution is 0.0150. The lowest BCUT2D eigenvalue weighted by Crippen LogP contribution is -2.24. The van der Waals surface area contributed by atoms with E-state index in [2.05, 4.69) is 20.8 Å². The van der Waals surface area contributed by atoms with Crippen LogP contribution < -0.4 is 0 Å². The molecule has 2 unspecified atom stereocenters. The third kappa shape index (κ3) is 2.76. The predicted octanol–water partition coefficient (Wildman–Crippen LogP) is 1.96. The van der Waals surface area contributed by atoms with Crippen molar-refractivity contribution in [1.82, 2.24) is 0 Å². The second-order valence-corrected chi connectivity index (χ2v) is 4.67. The minimum absolute atomic E-state index is 0.0225. The van der Waals surface area contributed by atoms with Crippen LogP contribution in [0.4, 0.5) is 0 Å². The molecule has 0 bridgehead atoms. The first-order chi connectivity index (χ1) is 5.53. The zero-order chi connectivity index (χ0) is 9.19. The average molecular weight is 172 g/mol. The van der Waals surface area contributed by atoms with Crippen LogP contribution in [-0.2, 0) is 4.74 Å². The molecule has 2 atom stereocenters. The smallest absolute Gasteiger partial charge is 0.0585 e. The van der Waals surface area contributed by atoms with Crippen LogP contribution in [0.2, 0.25) is 0 Å². The van der Waals surface area contributed by atoms with Crippen molar-refractivity contribution in [2.45, 2.75) is 52.2 Å². The highest BCUT2D eigenvalue weighted by Gasteiger charge is 2.28. The molecular formula is C10H20O2. The first-order valence-corrected chi connectivity index (χ1v) is 4.80. The molecule has 72 valence electrons. The van der Waals surface area contributed by atoms with E-state index in [0.29, 0.717) is 12.2 Å². The van der Waals surface area contributed by atoms with Gasteiger partial charge < -0.3 is 9.84 Å². The van der Waals surface area contributed by atoms with E-state index in [1.807, 2.05) is 0 Å². The summed E-state index contributed by atoms with van der Waals surface area (Å²) >= 11 is 0. The van der Waals surface area contributed by atoms with Crippen LogP contribution in [-0.4, -0.2) is 23.9 Å². The van der Waals surface area contributed by atoms with Crippen molar-refractivity contribution in [3.63, 3.8) is 0 Å². The van der Waals surface area contributed by atoms with Gasteiger partial charge in [0.15, 0.2) is 0 Å². The summed E-state index contributed by atoms with van der Waals surface area (Å²) in [5.41, 5.74) is 0.0225.